The van der Waals surface area contributed by atoms with E-state index in [2.05, 4.69) is 9.80 Å². The van der Waals surface area contributed by atoms with Gasteiger partial charge in [0, 0.05) is 38.3 Å². The van der Waals surface area contributed by atoms with Gasteiger partial charge in [-0.3, -0.25) is 14.6 Å². The van der Waals surface area contributed by atoms with Gasteiger partial charge in [-0.05, 0) is 25.1 Å². The number of piperazine rings is 1. The van der Waals surface area contributed by atoms with Crippen LogP contribution in [-0.2, 0) is 16.1 Å². The van der Waals surface area contributed by atoms with Gasteiger partial charge < -0.3 is 14.2 Å². The maximum atomic E-state index is 11.5. The standard InChI is InChI=1S/C17H26N2O4/c1-4-23-17(20)13-19-9-7-18(8-10-19)12-14-11-15(21-2)5-6-16(14)22-3/h5-6,11H,4,7-10,12-13H2,1-3H3. The zero-order valence-electron chi connectivity index (χ0n) is 14.2. The smallest absolute Gasteiger partial charge is 0.320 e. The summed E-state index contributed by atoms with van der Waals surface area (Å²) >= 11 is 0. The summed E-state index contributed by atoms with van der Waals surface area (Å²) in [4.78, 5) is 16.0. The summed E-state index contributed by atoms with van der Waals surface area (Å²) < 4.78 is 15.7. The van der Waals surface area contributed by atoms with Crippen molar-refractivity contribution >= 4 is 5.97 Å². The van der Waals surface area contributed by atoms with Crippen LogP contribution in [0.15, 0.2) is 18.2 Å². The number of benzene rings is 1. The summed E-state index contributed by atoms with van der Waals surface area (Å²) in [6.07, 6.45) is 0. The molecule has 1 aliphatic rings. The van der Waals surface area contributed by atoms with E-state index in [1.54, 1.807) is 14.2 Å². The van der Waals surface area contributed by atoms with Crippen molar-refractivity contribution < 1.29 is 19.0 Å². The van der Waals surface area contributed by atoms with Gasteiger partial charge in [0.05, 0.1) is 27.4 Å². The maximum absolute atomic E-state index is 11.5. The Balaban J connectivity index is 1.88. The predicted molar refractivity (Wildman–Crippen MR) is 87.9 cm³/mol. The van der Waals surface area contributed by atoms with Gasteiger partial charge in [-0.1, -0.05) is 0 Å². The molecule has 6 nitrogen and oxygen atoms in total. The van der Waals surface area contributed by atoms with Gasteiger partial charge in [0.2, 0.25) is 0 Å². The lowest BCUT2D eigenvalue weighted by Gasteiger charge is -2.34. The van der Waals surface area contributed by atoms with Crippen LogP contribution in [0, 0.1) is 0 Å². The van der Waals surface area contributed by atoms with E-state index in [-0.39, 0.29) is 5.97 Å². The summed E-state index contributed by atoms with van der Waals surface area (Å²) in [6, 6.07) is 5.86. The van der Waals surface area contributed by atoms with Gasteiger partial charge in [-0.15, -0.1) is 0 Å². The molecule has 6 heteroatoms. The number of nitrogens with zero attached hydrogens (tertiary/aromatic N) is 2. The first kappa shape index (κ1) is 17.6. The highest BCUT2D eigenvalue weighted by Crippen LogP contribution is 2.25. The summed E-state index contributed by atoms with van der Waals surface area (Å²) in [5.41, 5.74) is 1.12. The monoisotopic (exact) mass is 322 g/mol. The van der Waals surface area contributed by atoms with Crippen molar-refractivity contribution in [2.75, 3.05) is 53.6 Å². The molecule has 23 heavy (non-hydrogen) atoms. The van der Waals surface area contributed by atoms with Crippen LogP contribution in [0.4, 0.5) is 0 Å². The Bertz CT molecular complexity index is 513. The van der Waals surface area contributed by atoms with Crippen LogP contribution in [0.2, 0.25) is 0 Å². The molecule has 0 atom stereocenters. The first-order valence-electron chi connectivity index (χ1n) is 7.97. The molecule has 0 aromatic heterocycles. The van der Waals surface area contributed by atoms with Gasteiger partial charge in [-0.2, -0.15) is 0 Å². The number of carbonyl (C=O) groups is 1. The van der Waals surface area contributed by atoms with Crippen molar-refractivity contribution in [3.63, 3.8) is 0 Å². The highest BCUT2D eigenvalue weighted by molar-refractivity contribution is 5.71. The molecular formula is C17H26N2O4. The van der Waals surface area contributed by atoms with E-state index in [1.807, 2.05) is 25.1 Å². The Hall–Kier alpha value is -1.79. The van der Waals surface area contributed by atoms with Crippen LogP contribution in [0.5, 0.6) is 11.5 Å². The van der Waals surface area contributed by atoms with E-state index in [1.165, 1.54) is 0 Å². The van der Waals surface area contributed by atoms with Crippen molar-refractivity contribution in [2.24, 2.45) is 0 Å². The molecule has 0 spiro atoms. The highest BCUT2D eigenvalue weighted by atomic mass is 16.5. The number of hydrogen-bond acceptors (Lipinski definition) is 6. The molecule has 128 valence electrons. The van der Waals surface area contributed by atoms with E-state index >= 15 is 0 Å². The van der Waals surface area contributed by atoms with Crippen molar-refractivity contribution in [2.45, 2.75) is 13.5 Å². The summed E-state index contributed by atoms with van der Waals surface area (Å²) in [7, 11) is 3.35. The SMILES string of the molecule is CCOC(=O)CN1CCN(Cc2cc(OC)ccc2OC)CC1. The van der Waals surface area contributed by atoms with E-state index in [4.69, 9.17) is 14.2 Å². The van der Waals surface area contributed by atoms with Gasteiger partial charge >= 0.3 is 5.97 Å². The lowest BCUT2D eigenvalue weighted by molar-refractivity contribution is -0.144. The molecule has 1 aliphatic heterocycles. The first-order chi connectivity index (χ1) is 11.2. The summed E-state index contributed by atoms with van der Waals surface area (Å²) in [6.45, 7) is 7.03. The Labute approximate surface area is 137 Å². The van der Waals surface area contributed by atoms with E-state index in [0.29, 0.717) is 13.2 Å². The molecule has 0 N–H and O–H groups in total. The fraction of sp³-hybridized carbons (Fsp3) is 0.588. The molecule has 0 saturated carbocycles. The second-order valence-electron chi connectivity index (χ2n) is 5.54. The van der Waals surface area contributed by atoms with Crippen LogP contribution in [0.3, 0.4) is 0 Å². The van der Waals surface area contributed by atoms with Crippen molar-refractivity contribution in [1.82, 2.24) is 9.80 Å². The molecule has 0 radical (unpaired) electrons. The van der Waals surface area contributed by atoms with Gasteiger partial charge in [-0.25, -0.2) is 0 Å². The molecule has 1 fully saturated rings. The van der Waals surface area contributed by atoms with Crippen LogP contribution in [-0.4, -0.2) is 69.3 Å². The molecule has 1 heterocycles. The van der Waals surface area contributed by atoms with Crippen LogP contribution in [0.1, 0.15) is 12.5 Å². The van der Waals surface area contributed by atoms with Crippen molar-refractivity contribution in [1.29, 1.82) is 0 Å². The van der Waals surface area contributed by atoms with Crippen LogP contribution < -0.4 is 9.47 Å². The number of ether oxygens (including phenoxy) is 3. The minimum atomic E-state index is -0.143. The Morgan fingerprint density at radius 3 is 2.39 bits per heavy atom. The molecule has 0 unspecified atom stereocenters. The number of rotatable bonds is 7. The van der Waals surface area contributed by atoms with Gasteiger partial charge in [0.25, 0.3) is 0 Å². The zero-order valence-corrected chi connectivity index (χ0v) is 14.2. The van der Waals surface area contributed by atoms with Crippen molar-refractivity contribution in [3.8, 4) is 11.5 Å². The fourth-order valence-corrected chi connectivity index (χ4v) is 2.74. The highest BCUT2D eigenvalue weighted by Gasteiger charge is 2.20. The molecule has 0 amide bonds. The third-order valence-corrected chi connectivity index (χ3v) is 4.00. The molecule has 1 aromatic carbocycles. The summed E-state index contributed by atoms with van der Waals surface area (Å²) in [5, 5.41) is 0. The Kier molecular flexibility index (Phi) is 6.67. The average molecular weight is 322 g/mol. The topological polar surface area (TPSA) is 51.2 Å². The zero-order chi connectivity index (χ0) is 16.7. The van der Waals surface area contributed by atoms with Gasteiger partial charge in [0.1, 0.15) is 11.5 Å². The largest absolute Gasteiger partial charge is 0.497 e. The van der Waals surface area contributed by atoms with Crippen LogP contribution in [0.25, 0.3) is 0 Å². The summed E-state index contributed by atoms with van der Waals surface area (Å²) in [5.74, 6) is 1.57. The average Bonchev–Trinajstić information content (AvgIpc) is 2.56. The number of carbonyl (C=O) groups excluding carboxylic acids is 1. The third kappa shape index (κ3) is 5.11. The second-order valence-corrected chi connectivity index (χ2v) is 5.54. The van der Waals surface area contributed by atoms with E-state index in [9.17, 15) is 4.79 Å². The van der Waals surface area contributed by atoms with Crippen molar-refractivity contribution in [3.05, 3.63) is 23.8 Å². The first-order valence-corrected chi connectivity index (χ1v) is 7.97. The quantitative estimate of drug-likeness (QED) is 0.707. The lowest BCUT2D eigenvalue weighted by Crippen LogP contribution is -2.47. The number of methoxy groups -OCH3 is 2. The normalized spacial score (nSPS) is 16.1. The Morgan fingerprint density at radius 2 is 1.78 bits per heavy atom. The minimum absolute atomic E-state index is 0.143. The maximum Gasteiger partial charge on any atom is 0.320 e. The van der Waals surface area contributed by atoms with Gasteiger partial charge in [0.15, 0.2) is 0 Å². The molecular weight excluding hydrogens is 296 g/mol. The van der Waals surface area contributed by atoms with E-state index < -0.39 is 0 Å². The van der Waals surface area contributed by atoms with E-state index in [0.717, 1.165) is 49.8 Å². The molecule has 2 rings (SSSR count). The third-order valence-electron chi connectivity index (χ3n) is 4.00. The molecule has 1 aromatic rings. The molecule has 1 saturated heterocycles. The lowest BCUT2D eigenvalue weighted by atomic mass is 10.1. The number of hydrogen-bond donors (Lipinski definition) is 0. The molecule has 0 aliphatic carbocycles. The number of esters is 1. The molecule has 0 bridgehead atoms. The fourth-order valence-electron chi connectivity index (χ4n) is 2.74. The predicted octanol–water partition coefficient (Wildman–Crippen LogP) is 1.38. The minimum Gasteiger partial charge on any atom is -0.497 e. The Morgan fingerprint density at radius 1 is 1.09 bits per heavy atom. The second kappa shape index (κ2) is 8.74. The van der Waals surface area contributed by atoms with Crippen LogP contribution >= 0.6 is 0 Å².